The molecule has 1 aromatic carbocycles. The normalized spacial score (nSPS) is 11.5. The summed E-state index contributed by atoms with van der Waals surface area (Å²) in [5.41, 5.74) is -1.98. The number of alkyl halides is 3. The van der Waals surface area contributed by atoms with Crippen LogP contribution in [-0.4, -0.2) is 20.9 Å². The Kier molecular flexibility index (Phi) is 3.98. The minimum atomic E-state index is -4.44. The first-order chi connectivity index (χ1) is 10.2. The second-order valence-electron chi connectivity index (χ2n) is 4.44. The predicted octanol–water partition coefficient (Wildman–Crippen LogP) is 2.01. The number of hydrogen-bond donors (Lipinski definition) is 2. The van der Waals surface area contributed by atoms with Gasteiger partial charge in [-0.1, -0.05) is 0 Å². The number of halogens is 3. The van der Waals surface area contributed by atoms with E-state index >= 15 is 0 Å². The van der Waals surface area contributed by atoms with Gasteiger partial charge in [-0.3, -0.25) is 14.6 Å². The van der Waals surface area contributed by atoms with E-state index in [4.69, 9.17) is 9.84 Å². The molecule has 0 spiro atoms. The number of H-pyrrole nitrogens is 1. The lowest BCUT2D eigenvalue weighted by molar-refractivity contribution is -0.137. The number of rotatable bonds is 4. The number of aromatic nitrogens is 2. The molecule has 22 heavy (non-hydrogen) atoms. The minimum absolute atomic E-state index is 0.0809. The first-order valence-electron chi connectivity index (χ1n) is 6.01. The van der Waals surface area contributed by atoms with E-state index in [1.165, 1.54) is 11.7 Å². The van der Waals surface area contributed by atoms with Gasteiger partial charge >= 0.3 is 12.1 Å². The second kappa shape index (κ2) is 5.58. The molecule has 1 aromatic heterocycles. The molecule has 0 saturated carbocycles. The maximum atomic E-state index is 12.4. The Hall–Kier alpha value is -2.71. The third kappa shape index (κ3) is 3.13. The maximum absolute atomic E-state index is 12.4. The van der Waals surface area contributed by atoms with Crippen LogP contribution in [-0.2, 0) is 19.8 Å². The van der Waals surface area contributed by atoms with Crippen molar-refractivity contribution in [2.75, 3.05) is 0 Å². The molecule has 0 saturated heterocycles. The zero-order chi connectivity index (χ0) is 16.5. The molecule has 118 valence electrons. The molecule has 0 fully saturated rings. The summed E-state index contributed by atoms with van der Waals surface area (Å²) in [5, 5.41) is 11.2. The largest absolute Gasteiger partial charge is 0.487 e. The monoisotopic (exact) mass is 316 g/mol. The van der Waals surface area contributed by atoms with Crippen LogP contribution in [0, 0.1) is 0 Å². The van der Waals surface area contributed by atoms with Gasteiger partial charge in [0.15, 0.2) is 5.56 Å². The standard InChI is InChI=1S/C13H11F3N2O4/c1-18-9(10(12(20)21)11(19)17-18)6-22-8-4-2-7(3-5-8)13(14,15)16/h2-5H,6H2,1H3,(H,17,19)(H,20,21). The average Bonchev–Trinajstić information content (AvgIpc) is 2.70. The molecule has 9 heteroatoms. The van der Waals surface area contributed by atoms with Crippen molar-refractivity contribution in [3.05, 3.63) is 51.4 Å². The number of carboxylic acid groups (broad SMARTS) is 1. The summed E-state index contributed by atoms with van der Waals surface area (Å²) in [4.78, 5) is 22.4. The van der Waals surface area contributed by atoms with E-state index in [1.807, 2.05) is 0 Å². The second-order valence-corrected chi connectivity index (χ2v) is 4.44. The van der Waals surface area contributed by atoms with Crippen LogP contribution in [0.4, 0.5) is 13.2 Å². The highest BCUT2D eigenvalue weighted by Crippen LogP contribution is 2.30. The number of carbonyl (C=O) groups is 1. The van der Waals surface area contributed by atoms with E-state index in [0.717, 1.165) is 24.3 Å². The van der Waals surface area contributed by atoms with Gasteiger partial charge in [-0.05, 0) is 24.3 Å². The van der Waals surface area contributed by atoms with Crippen LogP contribution >= 0.6 is 0 Å². The molecule has 0 atom stereocenters. The van der Waals surface area contributed by atoms with Crippen molar-refractivity contribution in [3.8, 4) is 5.75 Å². The lowest BCUT2D eigenvalue weighted by atomic mass is 10.2. The van der Waals surface area contributed by atoms with Crippen LogP contribution < -0.4 is 10.3 Å². The number of nitrogens with zero attached hydrogens (tertiary/aromatic N) is 1. The molecule has 0 unspecified atom stereocenters. The molecule has 0 aliphatic rings. The van der Waals surface area contributed by atoms with E-state index in [-0.39, 0.29) is 18.1 Å². The van der Waals surface area contributed by atoms with E-state index in [1.54, 1.807) is 0 Å². The Morgan fingerprint density at radius 1 is 1.32 bits per heavy atom. The van der Waals surface area contributed by atoms with Gasteiger partial charge in [-0.15, -0.1) is 0 Å². The Bertz CT molecular complexity index is 744. The molecule has 0 aliphatic carbocycles. The number of nitrogens with one attached hydrogen (secondary N) is 1. The Morgan fingerprint density at radius 3 is 2.41 bits per heavy atom. The molecular weight excluding hydrogens is 305 g/mol. The third-order valence-corrected chi connectivity index (χ3v) is 2.96. The Labute approximate surface area is 121 Å². The molecule has 2 aromatic rings. The zero-order valence-corrected chi connectivity index (χ0v) is 11.3. The molecule has 0 bridgehead atoms. The van der Waals surface area contributed by atoms with Crippen molar-refractivity contribution in [2.45, 2.75) is 12.8 Å². The van der Waals surface area contributed by atoms with Crippen LogP contribution in [0.2, 0.25) is 0 Å². The highest BCUT2D eigenvalue weighted by molar-refractivity contribution is 5.88. The molecule has 1 heterocycles. The lowest BCUT2D eigenvalue weighted by Crippen LogP contribution is -2.14. The molecular formula is C13H11F3N2O4. The van der Waals surface area contributed by atoms with Crippen LogP contribution in [0.5, 0.6) is 5.75 Å². The molecule has 2 N–H and O–H groups in total. The zero-order valence-electron chi connectivity index (χ0n) is 11.3. The number of hydrogen-bond acceptors (Lipinski definition) is 3. The van der Waals surface area contributed by atoms with Crippen molar-refractivity contribution in [2.24, 2.45) is 7.05 Å². The van der Waals surface area contributed by atoms with Gasteiger partial charge in [0.2, 0.25) is 0 Å². The van der Waals surface area contributed by atoms with Crippen molar-refractivity contribution in [1.29, 1.82) is 0 Å². The maximum Gasteiger partial charge on any atom is 0.416 e. The first kappa shape index (κ1) is 15.7. The quantitative estimate of drug-likeness (QED) is 0.903. The summed E-state index contributed by atoms with van der Waals surface area (Å²) in [5.74, 6) is -1.29. The topological polar surface area (TPSA) is 84.3 Å². The molecule has 0 aliphatic heterocycles. The molecule has 0 amide bonds. The molecule has 6 nitrogen and oxygen atoms in total. The van der Waals surface area contributed by atoms with Gasteiger partial charge in [0.1, 0.15) is 12.4 Å². The number of aryl methyl sites for hydroxylation is 1. The van der Waals surface area contributed by atoms with Crippen molar-refractivity contribution >= 4 is 5.97 Å². The van der Waals surface area contributed by atoms with Crippen LogP contribution in [0.3, 0.4) is 0 Å². The van der Waals surface area contributed by atoms with Crippen molar-refractivity contribution in [3.63, 3.8) is 0 Å². The Morgan fingerprint density at radius 2 is 1.91 bits per heavy atom. The van der Waals surface area contributed by atoms with E-state index < -0.39 is 28.8 Å². The van der Waals surface area contributed by atoms with E-state index in [2.05, 4.69) is 5.10 Å². The van der Waals surface area contributed by atoms with Crippen LogP contribution in [0.1, 0.15) is 21.6 Å². The smallest absolute Gasteiger partial charge is 0.416 e. The highest BCUT2D eigenvalue weighted by atomic mass is 19.4. The number of carboxylic acids is 1. The number of ether oxygens (including phenoxy) is 1. The summed E-state index contributed by atoms with van der Waals surface area (Å²) in [6.45, 7) is -0.276. The predicted molar refractivity (Wildman–Crippen MR) is 68.8 cm³/mol. The van der Waals surface area contributed by atoms with Crippen LogP contribution in [0.15, 0.2) is 29.1 Å². The minimum Gasteiger partial charge on any atom is -0.487 e. The van der Waals surface area contributed by atoms with E-state index in [0.29, 0.717) is 0 Å². The summed E-state index contributed by atoms with van der Waals surface area (Å²) in [7, 11) is 1.43. The van der Waals surface area contributed by atoms with E-state index in [9.17, 15) is 22.8 Å². The fourth-order valence-corrected chi connectivity index (χ4v) is 1.86. The fraction of sp³-hybridized carbons (Fsp3) is 0.231. The SMILES string of the molecule is Cn1[nH]c(=O)c(C(=O)O)c1COc1ccc(C(F)(F)F)cc1. The summed E-state index contributed by atoms with van der Waals surface area (Å²) >= 11 is 0. The lowest BCUT2D eigenvalue weighted by Gasteiger charge is -2.10. The van der Waals surface area contributed by atoms with Crippen molar-refractivity contribution < 1.29 is 27.8 Å². The third-order valence-electron chi connectivity index (χ3n) is 2.96. The van der Waals surface area contributed by atoms with Crippen molar-refractivity contribution in [1.82, 2.24) is 9.78 Å². The highest BCUT2D eigenvalue weighted by Gasteiger charge is 2.30. The first-order valence-corrected chi connectivity index (χ1v) is 6.01. The van der Waals surface area contributed by atoms with Gasteiger partial charge < -0.3 is 9.84 Å². The summed E-state index contributed by atoms with van der Waals surface area (Å²) < 4.78 is 43.7. The van der Waals surface area contributed by atoms with Gasteiger partial charge in [0.05, 0.1) is 11.3 Å². The van der Waals surface area contributed by atoms with Gasteiger partial charge in [-0.25, -0.2) is 4.79 Å². The molecule has 2 rings (SSSR count). The summed E-state index contributed by atoms with van der Waals surface area (Å²) in [6.07, 6.45) is -4.44. The Balaban J connectivity index is 2.17. The average molecular weight is 316 g/mol. The van der Waals surface area contributed by atoms with Gasteiger partial charge in [0, 0.05) is 7.05 Å². The number of benzene rings is 1. The number of aromatic carboxylic acids is 1. The number of aromatic amines is 1. The molecule has 0 radical (unpaired) electrons. The van der Waals surface area contributed by atoms with Gasteiger partial charge in [0.25, 0.3) is 5.56 Å². The fourth-order valence-electron chi connectivity index (χ4n) is 1.86. The van der Waals surface area contributed by atoms with Gasteiger partial charge in [-0.2, -0.15) is 13.2 Å². The van der Waals surface area contributed by atoms with Crippen LogP contribution in [0.25, 0.3) is 0 Å². The summed E-state index contributed by atoms with van der Waals surface area (Å²) in [6, 6.07) is 3.94.